The number of benzene rings is 1. The van der Waals surface area contributed by atoms with E-state index in [1.165, 1.54) is 23.1 Å². The third-order valence-electron chi connectivity index (χ3n) is 2.90. The van der Waals surface area contributed by atoms with Gasteiger partial charge in [0.1, 0.15) is 11.9 Å². The number of carbonyl (C=O) groups excluding carboxylic acids is 2. The smallest absolute Gasteiger partial charge is 0.252 e. The predicted molar refractivity (Wildman–Crippen MR) is 70.4 cm³/mol. The molecule has 1 unspecified atom stereocenters. The molecular weight excluding hydrogens is 271 g/mol. The first-order valence-electron chi connectivity index (χ1n) is 5.97. The van der Waals surface area contributed by atoms with Gasteiger partial charge in [-0.3, -0.25) is 14.5 Å². The highest BCUT2D eigenvalue weighted by Gasteiger charge is 2.39. The molecule has 1 saturated heterocycles. The Bertz CT molecular complexity index is 513. The van der Waals surface area contributed by atoms with Crippen LogP contribution in [-0.4, -0.2) is 28.8 Å². The Hall–Kier alpha value is -1.62. The molecule has 0 saturated carbocycles. The number of imide groups is 1. The molecule has 6 heteroatoms. The fraction of sp³-hybridized carbons (Fsp3) is 0.385. The number of anilines is 1. The van der Waals surface area contributed by atoms with Crippen molar-refractivity contribution in [3.05, 3.63) is 29.0 Å². The lowest BCUT2D eigenvalue weighted by Crippen LogP contribution is -2.39. The highest BCUT2D eigenvalue weighted by molar-refractivity contribution is 6.30. The van der Waals surface area contributed by atoms with E-state index in [2.05, 4.69) is 5.32 Å². The van der Waals surface area contributed by atoms with Gasteiger partial charge in [0.2, 0.25) is 5.91 Å². The minimum atomic E-state index is -0.659. The Morgan fingerprint density at radius 3 is 2.58 bits per heavy atom. The zero-order valence-electron chi connectivity index (χ0n) is 10.6. The molecule has 1 aromatic rings. The van der Waals surface area contributed by atoms with Gasteiger partial charge in [-0.25, -0.2) is 4.39 Å². The second kappa shape index (κ2) is 5.17. The van der Waals surface area contributed by atoms with Gasteiger partial charge in [-0.15, -0.1) is 0 Å². The summed E-state index contributed by atoms with van der Waals surface area (Å²) in [5, 5.41) is 3.09. The van der Waals surface area contributed by atoms with E-state index in [1.807, 2.05) is 0 Å². The van der Waals surface area contributed by atoms with Crippen LogP contribution in [0.15, 0.2) is 18.2 Å². The van der Waals surface area contributed by atoms with Gasteiger partial charge in [-0.2, -0.15) is 0 Å². The molecule has 2 amide bonds. The zero-order chi connectivity index (χ0) is 14.2. The van der Waals surface area contributed by atoms with Crippen LogP contribution in [0.5, 0.6) is 0 Å². The molecule has 102 valence electrons. The molecule has 4 nitrogen and oxygen atoms in total. The molecule has 0 spiro atoms. The van der Waals surface area contributed by atoms with Crippen molar-refractivity contribution in [2.45, 2.75) is 32.4 Å². The van der Waals surface area contributed by atoms with Crippen molar-refractivity contribution in [1.82, 2.24) is 4.90 Å². The summed E-state index contributed by atoms with van der Waals surface area (Å²) >= 11 is 5.74. The molecule has 0 radical (unpaired) electrons. The Kier molecular flexibility index (Phi) is 3.75. The second-order valence-corrected chi connectivity index (χ2v) is 5.19. The van der Waals surface area contributed by atoms with Gasteiger partial charge in [0.15, 0.2) is 0 Å². The number of amides is 2. The average Bonchev–Trinajstić information content (AvgIpc) is 2.52. The van der Waals surface area contributed by atoms with Crippen LogP contribution >= 0.6 is 11.6 Å². The van der Waals surface area contributed by atoms with Crippen molar-refractivity contribution in [3.8, 4) is 0 Å². The fourth-order valence-electron chi connectivity index (χ4n) is 2.14. The van der Waals surface area contributed by atoms with E-state index in [0.29, 0.717) is 5.69 Å². The molecule has 1 heterocycles. The van der Waals surface area contributed by atoms with Crippen molar-refractivity contribution in [1.29, 1.82) is 0 Å². The molecule has 0 bridgehead atoms. The summed E-state index contributed by atoms with van der Waals surface area (Å²) in [6.45, 7) is 3.55. The number of likely N-dealkylation sites (tertiary alicyclic amines) is 1. The molecule has 1 aliphatic heterocycles. The summed E-state index contributed by atoms with van der Waals surface area (Å²) < 4.78 is 13.2. The van der Waals surface area contributed by atoms with Crippen LogP contribution in [0, 0.1) is 5.82 Å². The number of nitrogens with one attached hydrogen (secondary N) is 1. The van der Waals surface area contributed by atoms with E-state index in [1.54, 1.807) is 13.8 Å². The Balaban J connectivity index is 2.16. The minimum Gasteiger partial charge on any atom is -0.373 e. The lowest BCUT2D eigenvalue weighted by Gasteiger charge is -2.19. The number of hydrogen-bond acceptors (Lipinski definition) is 3. The summed E-state index contributed by atoms with van der Waals surface area (Å²) in [6.07, 6.45) is 0.0745. The van der Waals surface area contributed by atoms with Crippen LogP contribution in [0.2, 0.25) is 5.02 Å². The van der Waals surface area contributed by atoms with Crippen LogP contribution in [0.25, 0.3) is 0 Å². The quantitative estimate of drug-likeness (QED) is 0.867. The van der Waals surface area contributed by atoms with E-state index >= 15 is 0 Å². The molecule has 1 aromatic carbocycles. The van der Waals surface area contributed by atoms with Crippen LogP contribution < -0.4 is 5.32 Å². The van der Waals surface area contributed by atoms with Gasteiger partial charge in [0.05, 0.1) is 6.42 Å². The molecule has 0 aromatic heterocycles. The number of rotatable bonds is 3. The monoisotopic (exact) mass is 284 g/mol. The maximum atomic E-state index is 13.2. The van der Waals surface area contributed by atoms with Crippen molar-refractivity contribution in [2.75, 3.05) is 5.32 Å². The van der Waals surface area contributed by atoms with E-state index in [-0.39, 0.29) is 29.3 Å². The first-order chi connectivity index (χ1) is 8.88. The molecule has 1 aliphatic rings. The topological polar surface area (TPSA) is 49.4 Å². The average molecular weight is 285 g/mol. The number of carbonyl (C=O) groups is 2. The molecule has 2 rings (SSSR count). The molecular formula is C13H14ClFN2O2. The van der Waals surface area contributed by atoms with E-state index < -0.39 is 11.9 Å². The number of halogens is 2. The Labute approximate surface area is 115 Å². The molecule has 0 aliphatic carbocycles. The summed E-state index contributed by atoms with van der Waals surface area (Å²) in [5.74, 6) is -1.01. The highest BCUT2D eigenvalue weighted by atomic mass is 35.5. The fourth-order valence-corrected chi connectivity index (χ4v) is 2.37. The number of hydrogen-bond donors (Lipinski definition) is 1. The van der Waals surface area contributed by atoms with Gasteiger partial charge in [-0.1, -0.05) is 11.6 Å². The summed E-state index contributed by atoms with van der Waals surface area (Å²) in [5.41, 5.74) is 0.391. The molecule has 1 N–H and O–H groups in total. The van der Waals surface area contributed by atoms with Crippen LogP contribution in [0.4, 0.5) is 10.1 Å². The third-order valence-corrected chi connectivity index (χ3v) is 3.12. The summed E-state index contributed by atoms with van der Waals surface area (Å²) in [6, 6.07) is 3.09. The highest BCUT2D eigenvalue weighted by Crippen LogP contribution is 2.23. The summed E-state index contributed by atoms with van der Waals surface area (Å²) in [7, 11) is 0. The van der Waals surface area contributed by atoms with Crippen LogP contribution in [0.3, 0.4) is 0 Å². The van der Waals surface area contributed by atoms with Crippen molar-refractivity contribution in [3.63, 3.8) is 0 Å². The van der Waals surface area contributed by atoms with Crippen molar-refractivity contribution >= 4 is 29.1 Å². The van der Waals surface area contributed by atoms with Gasteiger partial charge in [0, 0.05) is 16.8 Å². The minimum absolute atomic E-state index is 0.0745. The third kappa shape index (κ3) is 2.87. The largest absolute Gasteiger partial charge is 0.373 e. The van der Waals surface area contributed by atoms with Crippen molar-refractivity contribution < 1.29 is 14.0 Å². The first kappa shape index (κ1) is 13.8. The van der Waals surface area contributed by atoms with Crippen LogP contribution in [-0.2, 0) is 9.59 Å². The molecule has 1 fully saturated rings. The number of nitrogens with zero attached hydrogens (tertiary/aromatic N) is 1. The van der Waals surface area contributed by atoms with Gasteiger partial charge in [0.25, 0.3) is 5.91 Å². The van der Waals surface area contributed by atoms with E-state index in [0.717, 1.165) is 0 Å². The van der Waals surface area contributed by atoms with Crippen LogP contribution in [0.1, 0.15) is 20.3 Å². The van der Waals surface area contributed by atoms with Gasteiger partial charge < -0.3 is 5.32 Å². The normalized spacial score (nSPS) is 19.4. The second-order valence-electron chi connectivity index (χ2n) is 4.75. The Morgan fingerprint density at radius 1 is 1.37 bits per heavy atom. The van der Waals surface area contributed by atoms with Gasteiger partial charge >= 0.3 is 0 Å². The standard InChI is InChI=1S/C13H14ClFN2O2/c1-7(2)17-12(18)6-11(13(17)19)16-10-4-8(14)3-9(15)5-10/h3-5,7,11,16H,6H2,1-2H3. The maximum Gasteiger partial charge on any atom is 0.252 e. The summed E-state index contributed by atoms with van der Waals surface area (Å²) in [4.78, 5) is 25.0. The predicted octanol–water partition coefficient (Wildman–Crippen LogP) is 2.43. The lowest BCUT2D eigenvalue weighted by atomic mass is 10.2. The van der Waals surface area contributed by atoms with Gasteiger partial charge in [-0.05, 0) is 32.0 Å². The van der Waals surface area contributed by atoms with Crippen molar-refractivity contribution in [2.24, 2.45) is 0 Å². The van der Waals surface area contributed by atoms with E-state index in [4.69, 9.17) is 11.6 Å². The molecule has 19 heavy (non-hydrogen) atoms. The first-order valence-corrected chi connectivity index (χ1v) is 6.35. The lowest BCUT2D eigenvalue weighted by molar-refractivity contribution is -0.140. The zero-order valence-corrected chi connectivity index (χ0v) is 11.4. The molecule has 1 atom stereocenters. The SMILES string of the molecule is CC(C)N1C(=O)CC(Nc2cc(F)cc(Cl)c2)C1=O. The maximum absolute atomic E-state index is 13.2. The van der Waals surface area contributed by atoms with E-state index in [9.17, 15) is 14.0 Å². The Morgan fingerprint density at radius 2 is 2.05 bits per heavy atom.